The van der Waals surface area contributed by atoms with Crippen LogP contribution in [-0.2, 0) is 0 Å². The maximum absolute atomic E-state index is 12.4. The number of nitro groups is 1. The summed E-state index contributed by atoms with van der Waals surface area (Å²) < 4.78 is 0. The van der Waals surface area contributed by atoms with E-state index in [1.54, 1.807) is 0 Å². The summed E-state index contributed by atoms with van der Waals surface area (Å²) >= 11 is 5.84. The molecule has 0 bridgehead atoms. The van der Waals surface area contributed by atoms with Gasteiger partial charge in [0.2, 0.25) is 0 Å². The normalized spacial score (nSPS) is 17.0. The van der Waals surface area contributed by atoms with Crippen LogP contribution in [0.3, 0.4) is 0 Å². The summed E-state index contributed by atoms with van der Waals surface area (Å²) in [7, 11) is 0. The van der Waals surface area contributed by atoms with Crippen molar-refractivity contribution in [2.24, 2.45) is 11.7 Å². The van der Waals surface area contributed by atoms with Gasteiger partial charge in [-0.1, -0.05) is 36.9 Å². The Hall–Kier alpha value is -1.66. The van der Waals surface area contributed by atoms with E-state index in [9.17, 15) is 14.9 Å². The molecule has 0 heterocycles. The van der Waals surface area contributed by atoms with E-state index in [2.05, 4.69) is 5.32 Å². The van der Waals surface area contributed by atoms with Gasteiger partial charge in [-0.3, -0.25) is 14.9 Å². The number of halogens is 1. The Bertz CT molecular complexity index is 559. The number of benzene rings is 1. The average Bonchev–Trinajstić information content (AvgIpc) is 2.52. The van der Waals surface area contributed by atoms with Crippen LogP contribution in [-0.4, -0.2) is 23.4 Å². The van der Waals surface area contributed by atoms with Crippen LogP contribution in [0.5, 0.6) is 0 Å². The van der Waals surface area contributed by atoms with Crippen molar-refractivity contribution < 1.29 is 9.72 Å². The minimum Gasteiger partial charge on any atom is -0.348 e. The highest BCUT2D eigenvalue weighted by molar-refractivity contribution is 6.33. The van der Waals surface area contributed by atoms with Crippen molar-refractivity contribution in [2.75, 3.05) is 6.54 Å². The van der Waals surface area contributed by atoms with Crippen LogP contribution in [0, 0.1) is 16.0 Å². The first kappa shape index (κ1) is 16.7. The van der Waals surface area contributed by atoms with E-state index in [1.807, 2.05) is 0 Å². The smallest absolute Gasteiger partial charge is 0.300 e. The Morgan fingerprint density at radius 2 is 2.09 bits per heavy atom. The third-order valence-electron chi connectivity index (χ3n) is 4.20. The molecule has 3 N–H and O–H groups in total. The fourth-order valence-corrected chi connectivity index (χ4v) is 3.28. The van der Waals surface area contributed by atoms with E-state index in [-0.39, 0.29) is 22.3 Å². The van der Waals surface area contributed by atoms with Gasteiger partial charge in [0.15, 0.2) is 0 Å². The first-order chi connectivity index (χ1) is 10.5. The quantitative estimate of drug-likeness (QED) is 0.642. The molecule has 1 fully saturated rings. The van der Waals surface area contributed by atoms with Gasteiger partial charge in [-0.15, -0.1) is 0 Å². The van der Waals surface area contributed by atoms with Crippen LogP contribution in [0.4, 0.5) is 5.69 Å². The molecule has 1 amide bonds. The van der Waals surface area contributed by atoms with Crippen LogP contribution in [0.15, 0.2) is 18.2 Å². The van der Waals surface area contributed by atoms with Crippen molar-refractivity contribution in [3.63, 3.8) is 0 Å². The number of hydrogen-bond acceptors (Lipinski definition) is 4. The second-order valence-corrected chi connectivity index (χ2v) is 6.01. The highest BCUT2D eigenvalue weighted by Crippen LogP contribution is 2.29. The molecule has 1 aromatic rings. The van der Waals surface area contributed by atoms with Crippen LogP contribution < -0.4 is 11.1 Å². The average molecular weight is 326 g/mol. The monoisotopic (exact) mass is 325 g/mol. The second kappa shape index (κ2) is 7.56. The van der Waals surface area contributed by atoms with Crippen LogP contribution in [0.1, 0.15) is 42.5 Å². The van der Waals surface area contributed by atoms with Gasteiger partial charge in [0.25, 0.3) is 5.91 Å². The molecular formula is C15H20ClN3O3. The Morgan fingerprint density at radius 1 is 1.41 bits per heavy atom. The van der Waals surface area contributed by atoms with E-state index < -0.39 is 10.8 Å². The highest BCUT2D eigenvalue weighted by atomic mass is 35.5. The molecule has 120 valence electrons. The van der Waals surface area contributed by atoms with E-state index in [0.717, 1.165) is 25.7 Å². The number of nitrogens with zero attached hydrogens (tertiary/aromatic N) is 1. The number of carbonyl (C=O) groups is 1. The molecule has 1 aliphatic carbocycles. The molecule has 6 nitrogen and oxygen atoms in total. The van der Waals surface area contributed by atoms with Gasteiger partial charge in [-0.25, -0.2) is 0 Å². The Labute approximate surface area is 134 Å². The predicted molar refractivity (Wildman–Crippen MR) is 85.0 cm³/mol. The maximum atomic E-state index is 12.4. The first-order valence-corrected chi connectivity index (χ1v) is 7.86. The molecule has 1 aliphatic rings. The lowest BCUT2D eigenvalue weighted by atomic mass is 9.84. The summed E-state index contributed by atoms with van der Waals surface area (Å²) in [4.78, 5) is 22.9. The fraction of sp³-hybridized carbons (Fsp3) is 0.533. The van der Waals surface area contributed by atoms with E-state index in [4.69, 9.17) is 17.3 Å². The number of rotatable bonds is 5. The number of amides is 1. The molecule has 22 heavy (non-hydrogen) atoms. The lowest BCUT2D eigenvalue weighted by Gasteiger charge is -2.30. The van der Waals surface area contributed by atoms with Crippen molar-refractivity contribution >= 4 is 23.2 Å². The third kappa shape index (κ3) is 3.75. The predicted octanol–water partition coefficient (Wildman–Crippen LogP) is 2.89. The molecule has 0 aliphatic heterocycles. The molecule has 0 saturated heterocycles. The van der Waals surface area contributed by atoms with Gasteiger partial charge >= 0.3 is 5.69 Å². The number of nitro benzene ring substituents is 1. The summed E-state index contributed by atoms with van der Waals surface area (Å²) in [6.45, 7) is 0.324. The molecule has 7 heteroatoms. The Kier molecular flexibility index (Phi) is 5.74. The number of nitrogens with two attached hydrogens (primary N) is 1. The second-order valence-electron chi connectivity index (χ2n) is 5.61. The fourth-order valence-electron chi connectivity index (χ4n) is 3.04. The van der Waals surface area contributed by atoms with Crippen molar-refractivity contribution in [3.05, 3.63) is 38.9 Å². The van der Waals surface area contributed by atoms with Crippen molar-refractivity contribution in [1.82, 2.24) is 5.32 Å². The molecule has 0 aromatic heterocycles. The standard InChI is InChI=1S/C15H20ClN3O3/c16-12-8-4-7-11(14(12)19(21)22)15(20)18-13(9-17)10-5-2-1-3-6-10/h4,7-8,10,13H,1-3,5-6,9,17H2,(H,18,20). The van der Waals surface area contributed by atoms with Gasteiger partial charge in [-0.2, -0.15) is 0 Å². The molecule has 1 saturated carbocycles. The summed E-state index contributed by atoms with van der Waals surface area (Å²) in [5.41, 5.74) is 5.40. The lowest BCUT2D eigenvalue weighted by Crippen LogP contribution is -2.46. The zero-order chi connectivity index (χ0) is 16.1. The van der Waals surface area contributed by atoms with E-state index in [0.29, 0.717) is 12.5 Å². The van der Waals surface area contributed by atoms with Gasteiger partial charge in [0, 0.05) is 12.6 Å². The summed E-state index contributed by atoms with van der Waals surface area (Å²) in [6.07, 6.45) is 5.53. The molecule has 1 aromatic carbocycles. The number of nitrogens with one attached hydrogen (secondary N) is 1. The zero-order valence-electron chi connectivity index (χ0n) is 12.3. The maximum Gasteiger partial charge on any atom is 0.300 e. The SMILES string of the molecule is NCC(NC(=O)c1cccc(Cl)c1[N+](=O)[O-])C1CCCCC1. The van der Waals surface area contributed by atoms with Crippen LogP contribution in [0.25, 0.3) is 0 Å². The lowest BCUT2D eigenvalue weighted by molar-refractivity contribution is -0.385. The summed E-state index contributed by atoms with van der Waals surface area (Å²) in [5, 5.41) is 13.9. The molecule has 0 spiro atoms. The van der Waals surface area contributed by atoms with Crippen molar-refractivity contribution in [2.45, 2.75) is 38.1 Å². The van der Waals surface area contributed by atoms with Gasteiger partial charge in [0.05, 0.1) is 4.92 Å². The molecule has 1 atom stereocenters. The van der Waals surface area contributed by atoms with E-state index >= 15 is 0 Å². The molecule has 0 radical (unpaired) electrons. The largest absolute Gasteiger partial charge is 0.348 e. The Balaban J connectivity index is 2.17. The highest BCUT2D eigenvalue weighted by Gasteiger charge is 2.28. The minimum absolute atomic E-state index is 0.0215. The van der Waals surface area contributed by atoms with Gasteiger partial charge in [-0.05, 0) is 30.9 Å². The van der Waals surface area contributed by atoms with Crippen molar-refractivity contribution in [3.8, 4) is 0 Å². The summed E-state index contributed by atoms with van der Waals surface area (Å²) in [6, 6.07) is 4.18. The number of hydrogen-bond donors (Lipinski definition) is 2. The van der Waals surface area contributed by atoms with Gasteiger partial charge in [0.1, 0.15) is 10.6 Å². The first-order valence-electron chi connectivity index (χ1n) is 7.48. The zero-order valence-corrected chi connectivity index (χ0v) is 13.0. The Morgan fingerprint density at radius 3 is 2.68 bits per heavy atom. The minimum atomic E-state index is -0.630. The third-order valence-corrected chi connectivity index (χ3v) is 4.51. The molecule has 1 unspecified atom stereocenters. The summed E-state index contributed by atoms with van der Waals surface area (Å²) in [5.74, 6) is -0.156. The van der Waals surface area contributed by atoms with Crippen molar-refractivity contribution in [1.29, 1.82) is 0 Å². The molecule has 2 rings (SSSR count). The van der Waals surface area contributed by atoms with Crippen LogP contribution >= 0.6 is 11.6 Å². The number of para-hydroxylation sites is 1. The van der Waals surface area contributed by atoms with E-state index in [1.165, 1.54) is 24.6 Å². The van der Waals surface area contributed by atoms with Gasteiger partial charge < -0.3 is 11.1 Å². The topological polar surface area (TPSA) is 98.3 Å². The van der Waals surface area contributed by atoms with Crippen LogP contribution in [0.2, 0.25) is 5.02 Å². The number of carbonyl (C=O) groups excluding carboxylic acids is 1. The molecular weight excluding hydrogens is 306 g/mol.